The Bertz CT molecular complexity index is 10400. The fourth-order valence-corrected chi connectivity index (χ4v) is 25.3. The van der Waals surface area contributed by atoms with Crippen molar-refractivity contribution in [1.29, 1.82) is 0 Å². The highest BCUT2D eigenvalue weighted by Crippen LogP contribution is 2.50. The second kappa shape index (κ2) is 34.1. The van der Waals surface area contributed by atoms with Crippen LogP contribution in [0.4, 0.5) is 0 Å². The highest BCUT2D eigenvalue weighted by Gasteiger charge is 2.23. The van der Waals surface area contributed by atoms with Crippen molar-refractivity contribution in [2.45, 2.75) is 0 Å². The van der Waals surface area contributed by atoms with Crippen molar-refractivity contribution < 1.29 is 8.83 Å². The molecule has 0 aliphatic carbocycles. The van der Waals surface area contributed by atoms with Crippen LogP contribution in [0.3, 0.4) is 0 Å². The number of furan rings is 2. The van der Waals surface area contributed by atoms with E-state index >= 15 is 0 Å². The Labute approximate surface area is 826 Å². The molecule has 27 aromatic carbocycles. The van der Waals surface area contributed by atoms with E-state index in [9.17, 15) is 0 Å². The molecule has 0 saturated carbocycles. The standard InChI is InChI=1S/2C36H22O.C36H22S.C30H18S/c1-2-12-29-27(11-1)28-13-3-4-15-31(28)36-26(16-8-17-32(29)36)25-10-7-9-23(21-25)24-19-20-35-33(22-24)30-14-5-6-18-34(30)37-35;1-2-12-25-23(11-1)24-13-5-6-16-28(24)35-29(25)18-9-19-30(35)26-14-3-4-15-27(26)31-20-10-22-34-36(31)32-17-7-8-21-33(32)37-34;1-2-9-29-27(8-1)28-10-3-4-12-31(28)36-26(13-7-14-32(29)36)24-18-16-23(17-19-24)25-20-21-35-33(22-25)30-11-5-6-15-34(30)37-35;1-2-9-23-21(7-1)22-8-3-4-10-24(22)28-17-19(13-15-25(23)28)20-14-16-27-26-11-5-6-12-29(26)31-30(27)18-20/h3*1-22H;1-18H. The summed E-state index contributed by atoms with van der Waals surface area (Å²) in [7, 11) is 0. The Hall–Kier alpha value is -17.9. The van der Waals surface area contributed by atoms with Gasteiger partial charge in [0.05, 0.1) is 0 Å². The van der Waals surface area contributed by atoms with Gasteiger partial charge in [0.15, 0.2) is 0 Å². The van der Waals surface area contributed by atoms with E-state index in [1.54, 1.807) is 0 Å². The summed E-state index contributed by atoms with van der Waals surface area (Å²) >= 11 is 3.75. The van der Waals surface area contributed by atoms with Crippen molar-refractivity contribution in [3.8, 4) is 77.9 Å². The van der Waals surface area contributed by atoms with Crippen molar-refractivity contribution in [2.75, 3.05) is 0 Å². The summed E-state index contributed by atoms with van der Waals surface area (Å²) in [5.74, 6) is 0. The summed E-state index contributed by atoms with van der Waals surface area (Å²) in [4.78, 5) is 0. The maximum atomic E-state index is 6.24. The van der Waals surface area contributed by atoms with E-state index in [-0.39, 0.29) is 0 Å². The lowest BCUT2D eigenvalue weighted by Crippen LogP contribution is -1.90. The smallest absolute Gasteiger partial charge is 0.136 e. The van der Waals surface area contributed by atoms with E-state index in [1.807, 2.05) is 46.9 Å². The number of benzene rings is 27. The monoisotopic (exact) mass is 1840 g/mol. The Balaban J connectivity index is 0.0000000927. The third-order valence-electron chi connectivity index (χ3n) is 29.5. The molecule has 0 spiro atoms. The molecular formula is C138H84O2S2. The average molecular weight is 1840 g/mol. The minimum Gasteiger partial charge on any atom is -0.456 e. The normalized spacial score (nSPS) is 11.8. The predicted octanol–water partition coefficient (Wildman–Crippen LogP) is 40.8. The lowest BCUT2D eigenvalue weighted by Gasteiger charge is -2.17. The molecule has 2 nitrogen and oxygen atoms in total. The number of hydrogen-bond acceptors (Lipinski definition) is 4. The highest BCUT2D eigenvalue weighted by molar-refractivity contribution is 7.26. The van der Waals surface area contributed by atoms with Crippen LogP contribution in [0.1, 0.15) is 0 Å². The molecule has 4 heterocycles. The molecule has 0 aliphatic heterocycles. The molecule has 0 fully saturated rings. The largest absolute Gasteiger partial charge is 0.456 e. The Morgan fingerprint density at radius 2 is 0.366 bits per heavy atom. The van der Waals surface area contributed by atoms with Gasteiger partial charge in [0.2, 0.25) is 0 Å². The molecule has 0 amide bonds. The number of para-hydroxylation sites is 2. The average Bonchev–Trinajstić information content (AvgIpc) is 1.09. The van der Waals surface area contributed by atoms with Gasteiger partial charge in [-0.25, -0.2) is 0 Å². The lowest BCUT2D eigenvalue weighted by atomic mass is 9.86. The minimum atomic E-state index is 0.919. The van der Waals surface area contributed by atoms with Crippen LogP contribution in [0.2, 0.25) is 0 Å². The van der Waals surface area contributed by atoms with Crippen LogP contribution in [-0.4, -0.2) is 0 Å². The van der Waals surface area contributed by atoms with Gasteiger partial charge in [-0.2, -0.15) is 0 Å². The van der Waals surface area contributed by atoms with Crippen LogP contribution in [0, 0.1) is 0 Å². The Kier molecular flexibility index (Phi) is 19.8. The number of thiophene rings is 2. The molecule has 31 aromatic rings. The molecule has 0 saturated heterocycles. The molecule has 0 N–H and O–H groups in total. The van der Waals surface area contributed by atoms with Crippen molar-refractivity contribution >= 4 is 236 Å². The molecule has 0 atom stereocenters. The maximum absolute atomic E-state index is 6.24. The molecule has 0 bridgehead atoms. The van der Waals surface area contributed by atoms with Crippen molar-refractivity contribution in [2.24, 2.45) is 0 Å². The van der Waals surface area contributed by atoms with Gasteiger partial charge >= 0.3 is 0 Å². The van der Waals surface area contributed by atoms with Crippen LogP contribution in [0.25, 0.3) is 291 Å². The summed E-state index contributed by atoms with van der Waals surface area (Å²) in [6, 6.07) is 185. The van der Waals surface area contributed by atoms with Gasteiger partial charge < -0.3 is 8.83 Å². The van der Waals surface area contributed by atoms with Gasteiger partial charge in [0.25, 0.3) is 0 Å². The number of rotatable bonds is 7. The van der Waals surface area contributed by atoms with E-state index in [1.165, 1.54) is 253 Å². The first-order valence-electron chi connectivity index (χ1n) is 48.7. The van der Waals surface area contributed by atoms with Crippen molar-refractivity contribution in [1.82, 2.24) is 0 Å². The summed E-state index contributed by atoms with van der Waals surface area (Å²) < 4.78 is 17.7. The minimum absolute atomic E-state index is 0.919. The topological polar surface area (TPSA) is 26.3 Å². The van der Waals surface area contributed by atoms with Crippen LogP contribution < -0.4 is 0 Å². The maximum Gasteiger partial charge on any atom is 0.136 e. The second-order valence-corrected chi connectivity index (χ2v) is 39.4. The number of hydrogen-bond donors (Lipinski definition) is 0. The molecule has 660 valence electrons. The Morgan fingerprint density at radius 1 is 0.106 bits per heavy atom. The molecule has 4 aromatic heterocycles. The highest BCUT2D eigenvalue weighted by atomic mass is 32.1. The quantitative estimate of drug-likeness (QED) is 0.149. The first kappa shape index (κ1) is 82.4. The molecule has 0 aliphatic rings. The molecule has 4 heteroatoms. The first-order valence-corrected chi connectivity index (χ1v) is 50.3. The fraction of sp³-hybridized carbons (Fsp3) is 0. The van der Waals surface area contributed by atoms with Gasteiger partial charge in [-0.3, -0.25) is 0 Å². The van der Waals surface area contributed by atoms with Gasteiger partial charge in [0.1, 0.15) is 22.3 Å². The SMILES string of the molecule is c1cc(-c2ccc3oc4ccccc4c3c2)cc(-c2cccc3c4ccccc4c4ccccc4c23)c1.c1ccc(-c2cccc3c4ccccc4c4ccccc4c23)c(-c2cccc3oc4ccccc4c23)c1.c1ccc2c(c1)sc1cc(-c3ccc4c5ccccc5c5ccccc5c4c3)ccc12.c1ccc2c(c1)sc1ccc(-c3ccc(-c4cccc5c6ccccc6c6ccccc6c45)cc3)cc12. The summed E-state index contributed by atoms with van der Waals surface area (Å²) in [6.07, 6.45) is 0. The molecular weight excluding hydrogens is 1750 g/mol. The Morgan fingerprint density at radius 3 is 0.887 bits per heavy atom. The van der Waals surface area contributed by atoms with E-state index in [0.717, 1.165) is 38.5 Å². The second-order valence-electron chi connectivity index (χ2n) is 37.2. The van der Waals surface area contributed by atoms with E-state index in [4.69, 9.17) is 8.83 Å². The molecule has 0 unspecified atom stereocenters. The van der Waals surface area contributed by atoms with Gasteiger partial charge in [-0.05, 0) is 280 Å². The zero-order chi connectivity index (χ0) is 93.4. The summed E-state index contributed by atoms with van der Waals surface area (Å²) in [6.45, 7) is 0. The zero-order valence-corrected chi connectivity index (χ0v) is 78.8. The van der Waals surface area contributed by atoms with Crippen LogP contribution in [0.15, 0.2) is 518 Å². The molecule has 31 rings (SSSR count). The molecule has 0 radical (unpaired) electrons. The predicted molar refractivity (Wildman–Crippen MR) is 614 cm³/mol. The van der Waals surface area contributed by atoms with Gasteiger partial charge in [-0.1, -0.05) is 437 Å². The lowest BCUT2D eigenvalue weighted by molar-refractivity contribution is 0.668. The van der Waals surface area contributed by atoms with Gasteiger partial charge in [-0.15, -0.1) is 22.7 Å². The third kappa shape index (κ3) is 13.7. The van der Waals surface area contributed by atoms with Crippen molar-refractivity contribution in [3.63, 3.8) is 0 Å². The number of fused-ring (bicyclic) bond motifs is 36. The summed E-state index contributed by atoms with van der Waals surface area (Å²) in [5, 5.41) is 41.4. The zero-order valence-electron chi connectivity index (χ0n) is 77.1. The van der Waals surface area contributed by atoms with Crippen LogP contribution >= 0.6 is 22.7 Å². The fourth-order valence-electron chi connectivity index (χ4n) is 23.0. The van der Waals surface area contributed by atoms with Crippen LogP contribution in [0.5, 0.6) is 0 Å². The van der Waals surface area contributed by atoms with E-state index < -0.39 is 0 Å². The summed E-state index contributed by atoms with van der Waals surface area (Å²) in [5.41, 5.74) is 21.0. The van der Waals surface area contributed by atoms with Crippen LogP contribution in [-0.2, 0) is 0 Å². The van der Waals surface area contributed by atoms with Crippen molar-refractivity contribution in [3.05, 3.63) is 510 Å². The molecule has 142 heavy (non-hydrogen) atoms. The third-order valence-corrected chi connectivity index (χ3v) is 31.7. The van der Waals surface area contributed by atoms with Gasteiger partial charge in [0, 0.05) is 61.9 Å². The van der Waals surface area contributed by atoms with E-state index in [2.05, 4.69) is 485 Å². The first-order chi connectivity index (χ1) is 70.4. The van der Waals surface area contributed by atoms with E-state index in [0.29, 0.717) is 0 Å².